The Balaban J connectivity index is 1.30. The van der Waals surface area contributed by atoms with Gasteiger partial charge in [0.15, 0.2) is 0 Å². The number of hydrogen-bond acceptors (Lipinski definition) is 3. The molecule has 4 heteroatoms. The van der Waals surface area contributed by atoms with Crippen molar-refractivity contribution in [1.82, 2.24) is 4.90 Å². The number of nitrogens with zero attached hydrogens (tertiary/aromatic N) is 1. The molecule has 1 saturated heterocycles. The zero-order valence-electron chi connectivity index (χ0n) is 14.7. The van der Waals surface area contributed by atoms with E-state index in [1.165, 1.54) is 32.1 Å². The molecular weight excluding hydrogens is 302 g/mol. The molecule has 0 unspecified atom stereocenters. The molecule has 0 aromatic rings. The summed E-state index contributed by atoms with van der Waals surface area (Å²) in [4.78, 5) is 15.4. The summed E-state index contributed by atoms with van der Waals surface area (Å²) in [7, 11) is 0. The van der Waals surface area contributed by atoms with Gasteiger partial charge in [0, 0.05) is 31.5 Å². The van der Waals surface area contributed by atoms with Gasteiger partial charge in [-0.05, 0) is 75.0 Å². The van der Waals surface area contributed by atoms with Gasteiger partial charge in [0.05, 0.1) is 12.2 Å². The standard InChI is InChI=1S/C20H31NO3/c22-18(21(17-1-2-17)11-14-3-4-24-12-14)10-19-6-15-5-16(7-19)9-20(23,8-15)13-19/h14-17,23H,1-13H2/t14-,15-,16-,19?,20?/m1/s1. The van der Waals surface area contributed by atoms with Gasteiger partial charge >= 0.3 is 0 Å². The van der Waals surface area contributed by atoms with E-state index in [9.17, 15) is 9.90 Å². The number of aliphatic hydroxyl groups is 1. The van der Waals surface area contributed by atoms with E-state index in [0.29, 0.717) is 36.1 Å². The van der Waals surface area contributed by atoms with Gasteiger partial charge in [-0.2, -0.15) is 0 Å². The smallest absolute Gasteiger partial charge is 0.223 e. The van der Waals surface area contributed by atoms with Gasteiger partial charge in [0.1, 0.15) is 0 Å². The maximum atomic E-state index is 13.2. The lowest BCUT2D eigenvalue weighted by molar-refractivity contribution is -0.172. The first-order valence-electron chi connectivity index (χ1n) is 10.1. The van der Waals surface area contributed by atoms with Crippen molar-refractivity contribution in [2.45, 2.75) is 75.9 Å². The third-order valence-corrected chi connectivity index (χ3v) is 7.46. The Morgan fingerprint density at radius 1 is 1.12 bits per heavy atom. The fourth-order valence-corrected chi connectivity index (χ4v) is 6.88. The summed E-state index contributed by atoms with van der Waals surface area (Å²) in [5.74, 6) is 2.24. The molecule has 6 fully saturated rings. The summed E-state index contributed by atoms with van der Waals surface area (Å²) in [6.45, 7) is 2.58. The number of ether oxygens (including phenoxy) is 1. The van der Waals surface area contributed by atoms with E-state index in [-0.39, 0.29) is 5.41 Å². The first-order chi connectivity index (χ1) is 11.5. The molecule has 134 valence electrons. The van der Waals surface area contributed by atoms with Crippen LogP contribution in [-0.4, -0.2) is 47.3 Å². The topological polar surface area (TPSA) is 49.8 Å². The van der Waals surface area contributed by atoms with Crippen LogP contribution >= 0.6 is 0 Å². The van der Waals surface area contributed by atoms with E-state index < -0.39 is 5.60 Å². The molecule has 24 heavy (non-hydrogen) atoms. The van der Waals surface area contributed by atoms with E-state index in [1.807, 2.05) is 0 Å². The molecule has 4 bridgehead atoms. The molecule has 5 saturated carbocycles. The SMILES string of the molecule is O=C(CC12C[C@H]3C[C@@H](CC(O)(C3)C1)C2)N(C[C@H]1CCOC1)C1CC1. The lowest BCUT2D eigenvalue weighted by Gasteiger charge is -2.60. The van der Waals surface area contributed by atoms with Crippen molar-refractivity contribution in [3.63, 3.8) is 0 Å². The minimum absolute atomic E-state index is 0.106. The third kappa shape index (κ3) is 2.80. The molecule has 4 nitrogen and oxygen atoms in total. The lowest BCUT2D eigenvalue weighted by Crippen LogP contribution is -2.56. The van der Waals surface area contributed by atoms with Crippen molar-refractivity contribution >= 4 is 5.91 Å². The molecule has 1 aliphatic heterocycles. The quantitative estimate of drug-likeness (QED) is 0.841. The van der Waals surface area contributed by atoms with E-state index in [0.717, 1.165) is 45.4 Å². The second-order valence-electron chi connectivity index (χ2n) is 9.87. The average molecular weight is 333 g/mol. The van der Waals surface area contributed by atoms with Crippen molar-refractivity contribution < 1.29 is 14.6 Å². The summed E-state index contributed by atoms with van der Waals surface area (Å²) >= 11 is 0. The molecule has 0 aromatic heterocycles. The highest BCUT2D eigenvalue weighted by atomic mass is 16.5. The largest absolute Gasteiger partial charge is 0.390 e. The first kappa shape index (κ1) is 15.6. The summed E-state index contributed by atoms with van der Waals surface area (Å²) in [6.07, 6.45) is 10.7. The Bertz CT molecular complexity index is 509. The average Bonchev–Trinajstić information content (AvgIpc) is 3.17. The van der Waals surface area contributed by atoms with Crippen molar-refractivity contribution in [3.8, 4) is 0 Å². The molecule has 1 heterocycles. The van der Waals surface area contributed by atoms with Gasteiger partial charge in [0.25, 0.3) is 0 Å². The molecule has 1 amide bonds. The minimum atomic E-state index is -0.450. The van der Waals surface area contributed by atoms with Crippen LogP contribution in [0.4, 0.5) is 0 Å². The lowest BCUT2D eigenvalue weighted by atomic mass is 9.47. The Morgan fingerprint density at radius 3 is 2.46 bits per heavy atom. The predicted octanol–water partition coefficient (Wildman–Crippen LogP) is 2.74. The zero-order chi connectivity index (χ0) is 16.4. The predicted molar refractivity (Wildman–Crippen MR) is 90.3 cm³/mol. The highest BCUT2D eigenvalue weighted by Gasteiger charge is 2.58. The Labute approximate surface area is 144 Å². The van der Waals surface area contributed by atoms with E-state index in [2.05, 4.69) is 4.90 Å². The number of amides is 1. The second kappa shape index (κ2) is 5.44. The first-order valence-corrected chi connectivity index (χ1v) is 10.1. The van der Waals surface area contributed by atoms with Crippen LogP contribution in [0.5, 0.6) is 0 Å². The second-order valence-corrected chi connectivity index (χ2v) is 9.87. The van der Waals surface area contributed by atoms with E-state index in [1.54, 1.807) is 0 Å². The van der Waals surface area contributed by atoms with Crippen LogP contribution in [-0.2, 0) is 9.53 Å². The van der Waals surface area contributed by atoms with Crippen LogP contribution in [0.2, 0.25) is 0 Å². The number of rotatable bonds is 5. The van der Waals surface area contributed by atoms with Crippen LogP contribution < -0.4 is 0 Å². The Morgan fingerprint density at radius 2 is 1.88 bits per heavy atom. The van der Waals surface area contributed by atoms with Crippen LogP contribution in [0.1, 0.15) is 64.2 Å². The van der Waals surface area contributed by atoms with Gasteiger partial charge < -0.3 is 14.7 Å². The zero-order valence-corrected chi connectivity index (χ0v) is 14.7. The van der Waals surface area contributed by atoms with Crippen molar-refractivity contribution in [2.75, 3.05) is 19.8 Å². The highest BCUT2D eigenvalue weighted by Crippen LogP contribution is 2.63. The Kier molecular flexibility index (Phi) is 3.54. The molecule has 0 spiro atoms. The van der Waals surface area contributed by atoms with Gasteiger partial charge in [-0.25, -0.2) is 0 Å². The normalized spacial score (nSPS) is 46.5. The summed E-state index contributed by atoms with van der Waals surface area (Å²) in [5.41, 5.74) is -0.344. The minimum Gasteiger partial charge on any atom is -0.390 e. The summed E-state index contributed by atoms with van der Waals surface area (Å²) in [6, 6.07) is 0.495. The van der Waals surface area contributed by atoms with Crippen molar-refractivity contribution in [1.29, 1.82) is 0 Å². The number of carbonyl (C=O) groups is 1. The third-order valence-electron chi connectivity index (χ3n) is 7.46. The summed E-state index contributed by atoms with van der Waals surface area (Å²) in [5, 5.41) is 10.9. The van der Waals surface area contributed by atoms with Crippen LogP contribution in [0.25, 0.3) is 0 Å². The molecule has 0 radical (unpaired) electrons. The molecule has 3 atom stereocenters. The van der Waals surface area contributed by atoms with Crippen LogP contribution in [0, 0.1) is 23.2 Å². The van der Waals surface area contributed by atoms with Crippen LogP contribution in [0.15, 0.2) is 0 Å². The van der Waals surface area contributed by atoms with E-state index in [4.69, 9.17) is 4.74 Å². The fourth-order valence-electron chi connectivity index (χ4n) is 6.88. The molecule has 1 N–H and O–H groups in total. The molecule has 6 rings (SSSR count). The number of carbonyl (C=O) groups excluding carboxylic acids is 1. The van der Waals surface area contributed by atoms with Gasteiger partial charge in [-0.1, -0.05) is 0 Å². The van der Waals surface area contributed by atoms with Crippen molar-refractivity contribution in [2.24, 2.45) is 23.2 Å². The maximum Gasteiger partial charge on any atom is 0.223 e. The Hall–Kier alpha value is -0.610. The molecule has 6 aliphatic rings. The fraction of sp³-hybridized carbons (Fsp3) is 0.950. The monoisotopic (exact) mass is 333 g/mol. The highest BCUT2D eigenvalue weighted by molar-refractivity contribution is 5.77. The van der Waals surface area contributed by atoms with E-state index >= 15 is 0 Å². The maximum absolute atomic E-state index is 13.2. The van der Waals surface area contributed by atoms with Gasteiger partial charge in [-0.3, -0.25) is 4.79 Å². The molecule has 5 aliphatic carbocycles. The molecule has 0 aromatic carbocycles. The van der Waals surface area contributed by atoms with Crippen molar-refractivity contribution in [3.05, 3.63) is 0 Å². The molecular formula is C20H31NO3. The number of hydrogen-bond donors (Lipinski definition) is 1. The summed E-state index contributed by atoms with van der Waals surface area (Å²) < 4.78 is 5.51. The van der Waals surface area contributed by atoms with Gasteiger partial charge in [-0.15, -0.1) is 0 Å². The van der Waals surface area contributed by atoms with Crippen LogP contribution in [0.3, 0.4) is 0 Å². The van der Waals surface area contributed by atoms with Gasteiger partial charge in [0.2, 0.25) is 5.91 Å².